The Morgan fingerprint density at radius 2 is 2.24 bits per heavy atom. The van der Waals surface area contributed by atoms with Crippen LogP contribution in [0.5, 0.6) is 0 Å². The lowest BCUT2D eigenvalue weighted by Gasteiger charge is -2.31. The molecule has 21 heavy (non-hydrogen) atoms. The monoisotopic (exact) mass is 365 g/mol. The zero-order valence-electron chi connectivity index (χ0n) is 11.4. The van der Waals surface area contributed by atoms with E-state index >= 15 is 0 Å². The third-order valence-corrected chi connectivity index (χ3v) is 4.99. The summed E-state index contributed by atoms with van der Waals surface area (Å²) in [5, 5.41) is 8.16. The summed E-state index contributed by atoms with van der Waals surface area (Å²) < 4.78 is 0. The third-order valence-electron chi connectivity index (χ3n) is 3.11. The molecule has 2 aromatic heterocycles. The molecule has 1 amide bonds. The molecule has 1 atom stereocenters. The normalized spacial score (nSPS) is 17.8. The molecule has 8 heteroatoms. The number of nitrogens with zero attached hydrogens (tertiary/aromatic N) is 2. The van der Waals surface area contributed by atoms with Crippen LogP contribution in [0.3, 0.4) is 0 Å². The minimum Gasteiger partial charge on any atom is -0.334 e. The molecule has 1 aliphatic rings. The number of thiazole rings is 1. The molecule has 1 N–H and O–H groups in total. The highest BCUT2D eigenvalue weighted by Gasteiger charge is 2.23. The molecule has 1 aliphatic heterocycles. The van der Waals surface area contributed by atoms with E-state index in [9.17, 15) is 4.79 Å². The van der Waals surface area contributed by atoms with E-state index in [2.05, 4.69) is 17.2 Å². The molecule has 0 bridgehead atoms. The van der Waals surface area contributed by atoms with Crippen LogP contribution in [-0.4, -0.2) is 41.5 Å². The number of nitrogens with one attached hydrogen (secondary N) is 1. The second kappa shape index (κ2) is 8.10. The fraction of sp³-hybridized carbons (Fsp3) is 0.385. The van der Waals surface area contributed by atoms with Gasteiger partial charge in [0.1, 0.15) is 10.7 Å². The maximum Gasteiger partial charge on any atom is 0.273 e. The molecule has 1 fully saturated rings. The Balaban J connectivity index is 0.00000110. The Morgan fingerprint density at radius 3 is 2.90 bits per heavy atom. The maximum atomic E-state index is 12.4. The molecular formula is C13H17Cl2N3OS2. The van der Waals surface area contributed by atoms with E-state index in [4.69, 9.17) is 0 Å². The lowest BCUT2D eigenvalue weighted by molar-refractivity contribution is 0.0704. The van der Waals surface area contributed by atoms with Crippen molar-refractivity contribution in [3.63, 3.8) is 0 Å². The van der Waals surface area contributed by atoms with Gasteiger partial charge in [-0.15, -0.1) is 47.5 Å². The Hall–Kier alpha value is -0.660. The molecule has 2 aromatic rings. The van der Waals surface area contributed by atoms with Gasteiger partial charge in [0.2, 0.25) is 0 Å². The SMILES string of the molecule is CC1CN(C(=O)c2csc(-c3cccs3)n2)CCN1.Cl.Cl. The third kappa shape index (κ3) is 4.17. The van der Waals surface area contributed by atoms with Gasteiger partial charge in [0, 0.05) is 31.1 Å². The van der Waals surface area contributed by atoms with Crippen LogP contribution in [0.2, 0.25) is 0 Å². The van der Waals surface area contributed by atoms with Gasteiger partial charge in [-0.2, -0.15) is 0 Å². The Labute approximate surface area is 144 Å². The van der Waals surface area contributed by atoms with Gasteiger partial charge in [-0.25, -0.2) is 4.98 Å². The second-order valence-electron chi connectivity index (χ2n) is 4.62. The summed E-state index contributed by atoms with van der Waals surface area (Å²) in [4.78, 5) is 19.9. The van der Waals surface area contributed by atoms with E-state index in [1.54, 1.807) is 11.3 Å². The molecule has 0 aromatic carbocycles. The summed E-state index contributed by atoms with van der Waals surface area (Å²) >= 11 is 3.19. The van der Waals surface area contributed by atoms with Crippen molar-refractivity contribution in [3.05, 3.63) is 28.6 Å². The van der Waals surface area contributed by atoms with Crippen LogP contribution < -0.4 is 5.32 Å². The average Bonchev–Trinajstić information content (AvgIpc) is 3.08. The summed E-state index contributed by atoms with van der Waals surface area (Å²) in [7, 11) is 0. The van der Waals surface area contributed by atoms with Crippen LogP contribution in [0, 0.1) is 0 Å². The van der Waals surface area contributed by atoms with Gasteiger partial charge < -0.3 is 10.2 Å². The predicted molar refractivity (Wildman–Crippen MR) is 93.3 cm³/mol. The van der Waals surface area contributed by atoms with E-state index in [-0.39, 0.29) is 30.7 Å². The molecule has 0 saturated carbocycles. The van der Waals surface area contributed by atoms with Crippen molar-refractivity contribution in [1.82, 2.24) is 15.2 Å². The summed E-state index contributed by atoms with van der Waals surface area (Å²) in [6.07, 6.45) is 0. The zero-order chi connectivity index (χ0) is 13.2. The summed E-state index contributed by atoms with van der Waals surface area (Å²) in [6.45, 7) is 4.46. The van der Waals surface area contributed by atoms with E-state index in [1.165, 1.54) is 11.3 Å². The molecule has 1 saturated heterocycles. The zero-order valence-corrected chi connectivity index (χ0v) is 14.7. The number of amides is 1. The molecule has 4 nitrogen and oxygen atoms in total. The van der Waals surface area contributed by atoms with Crippen molar-refractivity contribution in [2.75, 3.05) is 19.6 Å². The molecule has 0 spiro atoms. The number of rotatable bonds is 2. The minimum atomic E-state index is 0. The molecule has 3 rings (SSSR count). The van der Waals surface area contributed by atoms with Gasteiger partial charge in [-0.05, 0) is 18.4 Å². The smallest absolute Gasteiger partial charge is 0.273 e. The highest BCUT2D eigenvalue weighted by molar-refractivity contribution is 7.20. The largest absolute Gasteiger partial charge is 0.334 e. The van der Waals surface area contributed by atoms with E-state index < -0.39 is 0 Å². The highest BCUT2D eigenvalue weighted by Crippen LogP contribution is 2.28. The predicted octanol–water partition coefficient (Wildman–Crippen LogP) is 3.15. The summed E-state index contributed by atoms with van der Waals surface area (Å²) in [5.74, 6) is 0.0485. The average molecular weight is 366 g/mol. The number of piperazine rings is 1. The number of hydrogen-bond donors (Lipinski definition) is 1. The van der Waals surface area contributed by atoms with Crippen molar-refractivity contribution < 1.29 is 4.79 Å². The topological polar surface area (TPSA) is 45.2 Å². The van der Waals surface area contributed by atoms with Crippen molar-refractivity contribution in [2.24, 2.45) is 0 Å². The van der Waals surface area contributed by atoms with Gasteiger partial charge in [0.15, 0.2) is 0 Å². The van der Waals surface area contributed by atoms with Gasteiger partial charge in [-0.1, -0.05) is 6.07 Å². The minimum absolute atomic E-state index is 0. The molecule has 0 radical (unpaired) electrons. The lowest BCUT2D eigenvalue weighted by atomic mass is 10.2. The number of carbonyl (C=O) groups is 1. The van der Waals surface area contributed by atoms with E-state index in [0.717, 1.165) is 29.5 Å². The van der Waals surface area contributed by atoms with Crippen molar-refractivity contribution in [2.45, 2.75) is 13.0 Å². The van der Waals surface area contributed by atoms with Gasteiger partial charge in [0.25, 0.3) is 5.91 Å². The Kier molecular flexibility index (Phi) is 7.09. The molecular weight excluding hydrogens is 349 g/mol. The number of aromatic nitrogens is 1. The highest BCUT2D eigenvalue weighted by atomic mass is 35.5. The Bertz CT molecular complexity index is 574. The maximum absolute atomic E-state index is 12.4. The molecule has 116 valence electrons. The van der Waals surface area contributed by atoms with E-state index in [0.29, 0.717) is 11.7 Å². The van der Waals surface area contributed by atoms with Crippen molar-refractivity contribution >= 4 is 53.4 Å². The van der Waals surface area contributed by atoms with Crippen LogP contribution in [0.25, 0.3) is 9.88 Å². The first-order chi connectivity index (χ1) is 9.24. The summed E-state index contributed by atoms with van der Waals surface area (Å²) in [5.41, 5.74) is 0.572. The van der Waals surface area contributed by atoms with Gasteiger partial charge in [0.05, 0.1) is 4.88 Å². The fourth-order valence-electron chi connectivity index (χ4n) is 2.16. The van der Waals surface area contributed by atoms with Gasteiger partial charge in [-0.3, -0.25) is 4.79 Å². The number of carbonyl (C=O) groups excluding carboxylic acids is 1. The second-order valence-corrected chi connectivity index (χ2v) is 6.43. The Morgan fingerprint density at radius 1 is 1.43 bits per heavy atom. The first-order valence-electron chi connectivity index (χ1n) is 6.26. The number of hydrogen-bond acceptors (Lipinski definition) is 5. The first-order valence-corrected chi connectivity index (χ1v) is 8.02. The van der Waals surface area contributed by atoms with Crippen LogP contribution >= 0.6 is 47.5 Å². The molecule has 0 aliphatic carbocycles. The fourth-order valence-corrected chi connectivity index (χ4v) is 3.77. The number of halogens is 2. The molecule has 3 heterocycles. The quantitative estimate of drug-likeness (QED) is 0.888. The first kappa shape index (κ1) is 18.4. The van der Waals surface area contributed by atoms with E-state index in [1.807, 2.05) is 27.8 Å². The van der Waals surface area contributed by atoms with Crippen LogP contribution in [0.4, 0.5) is 0 Å². The van der Waals surface area contributed by atoms with Crippen molar-refractivity contribution in [3.8, 4) is 9.88 Å². The number of thiophene rings is 1. The van der Waals surface area contributed by atoms with Crippen LogP contribution in [0.15, 0.2) is 22.9 Å². The lowest BCUT2D eigenvalue weighted by Crippen LogP contribution is -2.51. The van der Waals surface area contributed by atoms with Gasteiger partial charge >= 0.3 is 0 Å². The van der Waals surface area contributed by atoms with Crippen LogP contribution in [0.1, 0.15) is 17.4 Å². The molecule has 1 unspecified atom stereocenters. The standard InChI is InChI=1S/C13H15N3OS2.2ClH/c1-9-7-16(5-4-14-9)13(17)10-8-19-12(15-10)11-3-2-6-18-11;;/h2-3,6,8-9,14H,4-5,7H2,1H3;2*1H. The summed E-state index contributed by atoms with van der Waals surface area (Å²) in [6, 6.07) is 4.39. The van der Waals surface area contributed by atoms with Crippen LogP contribution in [-0.2, 0) is 0 Å². The van der Waals surface area contributed by atoms with Crippen molar-refractivity contribution in [1.29, 1.82) is 0 Å².